The number of benzene rings is 1. The van der Waals surface area contributed by atoms with Crippen molar-refractivity contribution in [3.8, 4) is 0 Å². The topological polar surface area (TPSA) is 56.7 Å². The number of hydrogen-bond acceptors (Lipinski definition) is 3. The zero-order valence-electron chi connectivity index (χ0n) is 8.56. The van der Waals surface area contributed by atoms with Gasteiger partial charge in [-0.3, -0.25) is 4.68 Å². The minimum absolute atomic E-state index is 0.255. The van der Waals surface area contributed by atoms with Gasteiger partial charge in [-0.1, -0.05) is 22.9 Å². The van der Waals surface area contributed by atoms with E-state index >= 15 is 0 Å². The molecule has 0 aliphatic rings. The molecule has 1 heterocycles. The zero-order chi connectivity index (χ0) is 11.7. The smallest absolute Gasteiger partial charge is 0.0796 e. The quantitative estimate of drug-likeness (QED) is 0.846. The first-order valence-electron chi connectivity index (χ1n) is 4.64. The molecule has 84 valence electrons. The van der Waals surface area contributed by atoms with Crippen LogP contribution in [-0.4, -0.2) is 15.0 Å². The summed E-state index contributed by atoms with van der Waals surface area (Å²) in [6.07, 6.45) is 1.66. The molecule has 2 N–H and O–H groups in total. The van der Waals surface area contributed by atoms with Gasteiger partial charge in [-0.2, -0.15) is 0 Å². The van der Waals surface area contributed by atoms with Gasteiger partial charge in [0.1, 0.15) is 0 Å². The van der Waals surface area contributed by atoms with Crippen molar-refractivity contribution < 1.29 is 0 Å². The second-order valence-corrected chi connectivity index (χ2v) is 5.00. The van der Waals surface area contributed by atoms with E-state index in [-0.39, 0.29) is 6.04 Å². The summed E-state index contributed by atoms with van der Waals surface area (Å²) < 4.78 is 2.68. The number of hydrogen-bond donors (Lipinski definition) is 1. The number of aryl methyl sites for hydroxylation is 1. The molecule has 0 bridgehead atoms. The van der Waals surface area contributed by atoms with Gasteiger partial charge in [0.15, 0.2) is 0 Å². The van der Waals surface area contributed by atoms with Crippen LogP contribution in [0.2, 0.25) is 5.02 Å². The first-order chi connectivity index (χ1) is 7.59. The van der Waals surface area contributed by atoms with Crippen molar-refractivity contribution in [3.05, 3.63) is 44.2 Å². The Labute approximate surface area is 112 Å². The van der Waals surface area contributed by atoms with Crippen LogP contribution in [0.15, 0.2) is 24.4 Å². The third-order valence-corrected chi connectivity index (χ3v) is 3.94. The van der Waals surface area contributed by atoms with Crippen molar-refractivity contribution in [2.75, 3.05) is 0 Å². The van der Waals surface area contributed by atoms with E-state index in [9.17, 15) is 0 Å². The van der Waals surface area contributed by atoms with Gasteiger partial charge in [-0.05, 0) is 40.3 Å². The van der Waals surface area contributed by atoms with Crippen molar-refractivity contribution in [2.45, 2.75) is 6.04 Å². The van der Waals surface area contributed by atoms with E-state index < -0.39 is 0 Å². The van der Waals surface area contributed by atoms with E-state index in [0.717, 1.165) is 14.8 Å². The standard InChI is InChI=1S/C10H10ClIN4/c1-16-9(5-14-15-16)10(13)6-2-3-8(12)7(11)4-6/h2-5,10H,13H2,1H3. The average molecular weight is 349 g/mol. The summed E-state index contributed by atoms with van der Waals surface area (Å²) in [6.45, 7) is 0. The summed E-state index contributed by atoms with van der Waals surface area (Å²) in [5.74, 6) is 0. The molecule has 0 spiro atoms. The molecule has 16 heavy (non-hydrogen) atoms. The Morgan fingerprint density at radius 3 is 2.81 bits per heavy atom. The minimum Gasteiger partial charge on any atom is -0.319 e. The predicted molar refractivity (Wildman–Crippen MR) is 71.2 cm³/mol. The summed E-state index contributed by atoms with van der Waals surface area (Å²) in [7, 11) is 1.82. The number of aromatic nitrogens is 3. The molecular formula is C10H10ClIN4. The highest BCUT2D eigenvalue weighted by Gasteiger charge is 2.14. The molecule has 0 saturated heterocycles. The van der Waals surface area contributed by atoms with Crippen LogP contribution in [0.25, 0.3) is 0 Å². The maximum absolute atomic E-state index is 6.12. The van der Waals surface area contributed by atoms with Crippen LogP contribution in [0.4, 0.5) is 0 Å². The van der Waals surface area contributed by atoms with Gasteiger partial charge >= 0.3 is 0 Å². The highest BCUT2D eigenvalue weighted by Crippen LogP contribution is 2.25. The molecule has 1 aromatic heterocycles. The maximum Gasteiger partial charge on any atom is 0.0796 e. The van der Waals surface area contributed by atoms with Crippen LogP contribution >= 0.6 is 34.2 Å². The highest BCUT2D eigenvalue weighted by atomic mass is 127. The second-order valence-electron chi connectivity index (χ2n) is 3.43. The number of halogens is 2. The fourth-order valence-electron chi connectivity index (χ4n) is 1.46. The first kappa shape index (κ1) is 11.8. The number of nitrogens with two attached hydrogens (primary N) is 1. The summed E-state index contributed by atoms with van der Waals surface area (Å²) in [6, 6.07) is 5.53. The van der Waals surface area contributed by atoms with E-state index in [2.05, 4.69) is 32.9 Å². The van der Waals surface area contributed by atoms with Gasteiger partial charge in [0.25, 0.3) is 0 Å². The molecule has 2 rings (SSSR count). The Hall–Kier alpha value is -0.660. The van der Waals surface area contributed by atoms with E-state index in [0.29, 0.717) is 5.02 Å². The van der Waals surface area contributed by atoms with Crippen LogP contribution in [0, 0.1) is 3.57 Å². The molecule has 6 heteroatoms. The van der Waals surface area contributed by atoms with Crippen molar-refractivity contribution in [2.24, 2.45) is 12.8 Å². The molecule has 2 aromatic rings. The van der Waals surface area contributed by atoms with E-state index in [1.807, 2.05) is 25.2 Å². The Morgan fingerprint density at radius 2 is 2.25 bits per heavy atom. The molecule has 0 fully saturated rings. The van der Waals surface area contributed by atoms with Gasteiger partial charge in [0.05, 0.1) is 23.0 Å². The van der Waals surface area contributed by atoms with Crippen molar-refractivity contribution >= 4 is 34.2 Å². The summed E-state index contributed by atoms with van der Waals surface area (Å²) in [5, 5.41) is 8.37. The molecule has 0 radical (unpaired) electrons. The lowest BCUT2D eigenvalue weighted by Crippen LogP contribution is -2.15. The van der Waals surface area contributed by atoms with Crippen LogP contribution in [0.1, 0.15) is 17.3 Å². The third kappa shape index (κ3) is 2.21. The van der Waals surface area contributed by atoms with Gasteiger partial charge < -0.3 is 5.73 Å². The zero-order valence-corrected chi connectivity index (χ0v) is 11.5. The maximum atomic E-state index is 6.12. The van der Waals surface area contributed by atoms with Crippen LogP contribution in [0.3, 0.4) is 0 Å². The van der Waals surface area contributed by atoms with Crippen LogP contribution in [-0.2, 0) is 7.05 Å². The third-order valence-electron chi connectivity index (χ3n) is 2.37. The van der Waals surface area contributed by atoms with Gasteiger partial charge in [0, 0.05) is 10.6 Å². The largest absolute Gasteiger partial charge is 0.319 e. The van der Waals surface area contributed by atoms with E-state index in [1.165, 1.54) is 0 Å². The monoisotopic (exact) mass is 348 g/mol. The fourth-order valence-corrected chi connectivity index (χ4v) is 1.98. The molecule has 0 saturated carbocycles. The summed E-state index contributed by atoms with van der Waals surface area (Å²) in [5.41, 5.74) is 7.93. The van der Waals surface area contributed by atoms with Crippen LogP contribution < -0.4 is 5.73 Å². The molecule has 1 aromatic carbocycles. The Morgan fingerprint density at radius 1 is 1.50 bits per heavy atom. The van der Waals surface area contributed by atoms with E-state index in [1.54, 1.807) is 10.9 Å². The van der Waals surface area contributed by atoms with Gasteiger partial charge in [0.2, 0.25) is 0 Å². The molecule has 0 aliphatic carbocycles. The first-order valence-corrected chi connectivity index (χ1v) is 6.10. The fraction of sp³-hybridized carbons (Fsp3) is 0.200. The molecule has 0 aliphatic heterocycles. The minimum atomic E-state index is -0.255. The normalized spacial score (nSPS) is 12.8. The Balaban J connectivity index is 2.38. The number of nitrogens with zero attached hydrogens (tertiary/aromatic N) is 3. The predicted octanol–water partition coefficient (Wildman–Crippen LogP) is 2.12. The van der Waals surface area contributed by atoms with Crippen molar-refractivity contribution in [1.82, 2.24) is 15.0 Å². The average Bonchev–Trinajstić information content (AvgIpc) is 2.67. The lowest BCUT2D eigenvalue weighted by atomic mass is 10.1. The summed E-state index contributed by atoms with van der Waals surface area (Å²) in [4.78, 5) is 0. The molecule has 1 unspecified atom stereocenters. The molecule has 1 atom stereocenters. The Kier molecular flexibility index (Phi) is 3.46. The van der Waals surface area contributed by atoms with Crippen molar-refractivity contribution in [1.29, 1.82) is 0 Å². The lowest BCUT2D eigenvalue weighted by molar-refractivity contribution is 0.651. The summed E-state index contributed by atoms with van der Waals surface area (Å²) >= 11 is 8.24. The molecule has 4 nitrogen and oxygen atoms in total. The second kappa shape index (κ2) is 4.68. The Bertz CT molecular complexity index is 511. The van der Waals surface area contributed by atoms with Gasteiger partial charge in [-0.25, -0.2) is 0 Å². The highest BCUT2D eigenvalue weighted by molar-refractivity contribution is 14.1. The van der Waals surface area contributed by atoms with E-state index in [4.69, 9.17) is 17.3 Å². The number of rotatable bonds is 2. The van der Waals surface area contributed by atoms with Crippen LogP contribution in [0.5, 0.6) is 0 Å². The molecular weight excluding hydrogens is 338 g/mol. The SMILES string of the molecule is Cn1nncc1C(N)c1ccc(I)c(Cl)c1. The molecule has 0 amide bonds. The van der Waals surface area contributed by atoms with Crippen molar-refractivity contribution in [3.63, 3.8) is 0 Å². The van der Waals surface area contributed by atoms with Gasteiger partial charge in [-0.15, -0.1) is 5.10 Å². The lowest BCUT2D eigenvalue weighted by Gasteiger charge is -2.12.